The molecule has 1 unspecified atom stereocenters. The van der Waals surface area contributed by atoms with Crippen LogP contribution in [0.1, 0.15) is 31.3 Å². The summed E-state index contributed by atoms with van der Waals surface area (Å²) < 4.78 is 10.3. The number of aromatic amines is 1. The molecule has 20 heavy (non-hydrogen) atoms. The summed E-state index contributed by atoms with van der Waals surface area (Å²) in [6.07, 6.45) is 2.51. The summed E-state index contributed by atoms with van der Waals surface area (Å²) in [7, 11) is 0. The second-order valence-electron chi connectivity index (χ2n) is 5.03. The van der Waals surface area contributed by atoms with Crippen LogP contribution in [0.15, 0.2) is 22.8 Å². The van der Waals surface area contributed by atoms with Crippen LogP contribution in [0.5, 0.6) is 0 Å². The molecule has 1 atom stereocenters. The molecule has 0 fully saturated rings. The Labute approximate surface area is 122 Å². The van der Waals surface area contributed by atoms with Crippen molar-refractivity contribution in [3.05, 3.63) is 34.6 Å². The van der Waals surface area contributed by atoms with Crippen LogP contribution in [-0.2, 0) is 13.0 Å². The molecule has 0 amide bonds. The summed E-state index contributed by atoms with van der Waals surface area (Å²) in [5.41, 5.74) is 3.08. The third-order valence-corrected chi connectivity index (χ3v) is 3.90. The fourth-order valence-electron chi connectivity index (χ4n) is 2.66. The zero-order valence-electron chi connectivity index (χ0n) is 11.9. The third-order valence-electron chi connectivity index (χ3n) is 3.60. The first-order chi connectivity index (χ1) is 9.61. The van der Waals surface area contributed by atoms with Crippen molar-refractivity contribution in [1.29, 1.82) is 0 Å². The van der Waals surface area contributed by atoms with Gasteiger partial charge in [-0.2, -0.15) is 5.10 Å². The number of rotatable bonds is 4. The number of imidazole rings is 1. The molecule has 3 rings (SSSR count). The van der Waals surface area contributed by atoms with Gasteiger partial charge in [-0.05, 0) is 45.1 Å². The standard InChI is InChI=1S/C14H18N4OS/c1-4-17-13-12(10(3)16-17)15-14(20)18(13)9(2)8-11-6-5-7-19-11/h5-7,9H,4,8H2,1-3H3,(H,15,20). The molecule has 0 bridgehead atoms. The van der Waals surface area contributed by atoms with Crippen molar-refractivity contribution in [1.82, 2.24) is 19.3 Å². The van der Waals surface area contributed by atoms with E-state index in [1.54, 1.807) is 6.26 Å². The Morgan fingerprint density at radius 2 is 2.30 bits per heavy atom. The molecule has 0 aromatic carbocycles. The Kier molecular flexibility index (Phi) is 3.25. The van der Waals surface area contributed by atoms with E-state index in [4.69, 9.17) is 16.6 Å². The number of hydrogen-bond acceptors (Lipinski definition) is 3. The summed E-state index contributed by atoms with van der Waals surface area (Å²) in [5.74, 6) is 0.966. The van der Waals surface area contributed by atoms with Crippen molar-refractivity contribution in [3.8, 4) is 0 Å². The first-order valence-electron chi connectivity index (χ1n) is 6.81. The molecule has 0 saturated carbocycles. The van der Waals surface area contributed by atoms with Crippen LogP contribution in [0.3, 0.4) is 0 Å². The molecule has 106 valence electrons. The summed E-state index contributed by atoms with van der Waals surface area (Å²) in [6, 6.07) is 4.12. The second kappa shape index (κ2) is 4.94. The monoisotopic (exact) mass is 290 g/mol. The first-order valence-corrected chi connectivity index (χ1v) is 7.22. The minimum absolute atomic E-state index is 0.212. The molecule has 0 saturated heterocycles. The molecule has 0 radical (unpaired) electrons. The van der Waals surface area contributed by atoms with Crippen molar-refractivity contribution in [2.45, 2.75) is 39.8 Å². The normalized spacial score (nSPS) is 13.2. The van der Waals surface area contributed by atoms with E-state index in [1.807, 2.05) is 23.7 Å². The molecule has 3 heterocycles. The maximum atomic E-state index is 5.48. The topological polar surface area (TPSA) is 51.7 Å². The van der Waals surface area contributed by atoms with Gasteiger partial charge in [0.05, 0.1) is 12.0 Å². The van der Waals surface area contributed by atoms with Crippen LogP contribution < -0.4 is 0 Å². The van der Waals surface area contributed by atoms with Gasteiger partial charge in [-0.15, -0.1) is 0 Å². The Hall–Kier alpha value is -1.82. The van der Waals surface area contributed by atoms with Gasteiger partial charge < -0.3 is 9.40 Å². The summed E-state index contributed by atoms with van der Waals surface area (Å²) in [5, 5.41) is 4.54. The third kappa shape index (κ3) is 2.00. The summed E-state index contributed by atoms with van der Waals surface area (Å²) in [6.45, 7) is 7.06. The minimum Gasteiger partial charge on any atom is -0.469 e. The average Bonchev–Trinajstić information content (AvgIpc) is 3.08. The molecule has 0 aliphatic heterocycles. The Morgan fingerprint density at radius 1 is 1.50 bits per heavy atom. The van der Waals surface area contributed by atoms with Gasteiger partial charge in [-0.25, -0.2) is 4.68 Å². The van der Waals surface area contributed by atoms with Gasteiger partial charge >= 0.3 is 0 Å². The molecular weight excluding hydrogens is 272 g/mol. The molecule has 0 spiro atoms. The molecule has 3 aromatic heterocycles. The molecule has 0 aliphatic carbocycles. The highest BCUT2D eigenvalue weighted by Crippen LogP contribution is 2.24. The quantitative estimate of drug-likeness (QED) is 0.747. The van der Waals surface area contributed by atoms with Crippen LogP contribution >= 0.6 is 12.2 Å². The minimum atomic E-state index is 0.212. The van der Waals surface area contributed by atoms with Gasteiger partial charge in [0.2, 0.25) is 0 Å². The SMILES string of the molecule is CCn1nc(C)c2[nH]c(=S)n(C(C)Cc3ccco3)c21. The first kappa shape index (κ1) is 13.2. The van der Waals surface area contributed by atoms with E-state index in [-0.39, 0.29) is 6.04 Å². The van der Waals surface area contributed by atoms with Crippen molar-refractivity contribution in [3.63, 3.8) is 0 Å². The largest absolute Gasteiger partial charge is 0.469 e. The van der Waals surface area contributed by atoms with E-state index in [1.165, 1.54) is 0 Å². The highest BCUT2D eigenvalue weighted by Gasteiger charge is 2.18. The van der Waals surface area contributed by atoms with Gasteiger partial charge in [0.25, 0.3) is 0 Å². The Balaban J connectivity index is 2.10. The molecule has 0 aliphatic rings. The number of furan rings is 1. The maximum absolute atomic E-state index is 5.48. The van der Waals surface area contributed by atoms with Crippen LogP contribution in [0, 0.1) is 11.7 Å². The predicted octanol–water partition coefficient (Wildman–Crippen LogP) is 3.62. The lowest BCUT2D eigenvalue weighted by Crippen LogP contribution is -2.11. The van der Waals surface area contributed by atoms with E-state index < -0.39 is 0 Å². The van der Waals surface area contributed by atoms with Gasteiger partial charge in [0, 0.05) is 19.0 Å². The lowest BCUT2D eigenvalue weighted by Gasteiger charge is -2.13. The summed E-state index contributed by atoms with van der Waals surface area (Å²) >= 11 is 5.48. The van der Waals surface area contributed by atoms with Gasteiger partial charge in [0.15, 0.2) is 10.4 Å². The fourth-order valence-corrected chi connectivity index (χ4v) is 3.03. The number of nitrogens with one attached hydrogen (secondary N) is 1. The van der Waals surface area contributed by atoms with E-state index in [0.717, 1.165) is 40.4 Å². The van der Waals surface area contributed by atoms with Crippen LogP contribution in [0.25, 0.3) is 11.2 Å². The number of aromatic nitrogens is 4. The van der Waals surface area contributed by atoms with Crippen LogP contribution in [0.2, 0.25) is 0 Å². The van der Waals surface area contributed by atoms with E-state index >= 15 is 0 Å². The van der Waals surface area contributed by atoms with Crippen molar-refractivity contribution in [2.75, 3.05) is 0 Å². The van der Waals surface area contributed by atoms with E-state index in [2.05, 4.69) is 28.5 Å². The van der Waals surface area contributed by atoms with Gasteiger partial charge in [-0.1, -0.05) is 0 Å². The lowest BCUT2D eigenvalue weighted by atomic mass is 10.2. The fraction of sp³-hybridized carbons (Fsp3) is 0.429. The number of aryl methyl sites for hydroxylation is 2. The van der Waals surface area contributed by atoms with Gasteiger partial charge in [-0.3, -0.25) is 4.57 Å². The zero-order valence-corrected chi connectivity index (χ0v) is 12.7. The highest BCUT2D eigenvalue weighted by atomic mass is 32.1. The van der Waals surface area contributed by atoms with E-state index in [9.17, 15) is 0 Å². The van der Waals surface area contributed by atoms with Gasteiger partial charge in [0.1, 0.15) is 11.3 Å². The van der Waals surface area contributed by atoms with Crippen molar-refractivity contribution in [2.24, 2.45) is 0 Å². The molecule has 1 N–H and O–H groups in total. The van der Waals surface area contributed by atoms with E-state index in [0.29, 0.717) is 0 Å². The zero-order chi connectivity index (χ0) is 14.3. The number of hydrogen-bond donors (Lipinski definition) is 1. The maximum Gasteiger partial charge on any atom is 0.179 e. The van der Waals surface area contributed by atoms with Crippen LogP contribution in [-0.4, -0.2) is 19.3 Å². The lowest BCUT2D eigenvalue weighted by molar-refractivity contribution is 0.447. The molecule has 3 aromatic rings. The Morgan fingerprint density at radius 3 is 2.95 bits per heavy atom. The molecule has 5 nitrogen and oxygen atoms in total. The van der Waals surface area contributed by atoms with Crippen LogP contribution in [0.4, 0.5) is 0 Å². The average molecular weight is 290 g/mol. The van der Waals surface area contributed by atoms with Crippen molar-refractivity contribution < 1.29 is 4.42 Å². The predicted molar refractivity (Wildman–Crippen MR) is 80.4 cm³/mol. The molecule has 6 heteroatoms. The number of H-pyrrole nitrogens is 1. The van der Waals surface area contributed by atoms with Crippen molar-refractivity contribution >= 4 is 23.4 Å². The Bertz CT molecular complexity index is 778. The highest BCUT2D eigenvalue weighted by molar-refractivity contribution is 7.71. The molecular formula is C14H18N4OS. The number of fused-ring (bicyclic) bond motifs is 1. The smallest absolute Gasteiger partial charge is 0.179 e. The summed E-state index contributed by atoms with van der Waals surface area (Å²) in [4.78, 5) is 3.27. The second-order valence-corrected chi connectivity index (χ2v) is 5.42. The number of nitrogens with zero attached hydrogens (tertiary/aromatic N) is 3.